The molecule has 1 aliphatic rings. The van der Waals surface area contributed by atoms with Gasteiger partial charge in [0.1, 0.15) is 17.4 Å². The van der Waals surface area contributed by atoms with E-state index in [1.807, 2.05) is 4.57 Å². The molecule has 0 N–H and O–H groups in total. The van der Waals surface area contributed by atoms with Gasteiger partial charge in [0.15, 0.2) is 0 Å². The van der Waals surface area contributed by atoms with Crippen LogP contribution in [-0.4, -0.2) is 41.6 Å². The molecule has 1 aromatic carbocycles. The number of methoxy groups -OCH3 is 1. The number of rotatable bonds is 5. The lowest BCUT2D eigenvalue weighted by atomic mass is 10.3. The van der Waals surface area contributed by atoms with Crippen LogP contribution >= 0.6 is 0 Å². The van der Waals surface area contributed by atoms with Crippen LogP contribution in [0.5, 0.6) is 5.75 Å². The van der Waals surface area contributed by atoms with E-state index in [0.29, 0.717) is 11.6 Å². The molecule has 0 spiro atoms. The van der Waals surface area contributed by atoms with Crippen molar-refractivity contribution >= 4 is 10.0 Å². The molecule has 0 aliphatic carbocycles. The molecule has 22 heavy (non-hydrogen) atoms. The molecule has 7 nitrogen and oxygen atoms in total. The summed E-state index contributed by atoms with van der Waals surface area (Å²) >= 11 is 0. The predicted molar refractivity (Wildman–Crippen MR) is 80.0 cm³/mol. The minimum Gasteiger partial charge on any atom is -0.497 e. The second-order valence-corrected chi connectivity index (χ2v) is 7.27. The van der Waals surface area contributed by atoms with Gasteiger partial charge in [0.25, 0.3) is 0 Å². The van der Waals surface area contributed by atoms with E-state index >= 15 is 0 Å². The number of ether oxygens (including phenoxy) is 1. The summed E-state index contributed by atoms with van der Waals surface area (Å²) in [6.45, 7) is 1.06. The molecule has 2 aromatic rings. The van der Waals surface area contributed by atoms with Crippen LogP contribution in [0.1, 0.15) is 18.1 Å². The number of sulfonamides is 1. The fraction of sp³-hybridized carbons (Fsp3) is 0.429. The first-order chi connectivity index (χ1) is 10.5. The monoisotopic (exact) mass is 322 g/mol. The zero-order chi connectivity index (χ0) is 15.7. The van der Waals surface area contributed by atoms with Crippen molar-refractivity contribution in [2.45, 2.75) is 30.8 Å². The van der Waals surface area contributed by atoms with Gasteiger partial charge in [0, 0.05) is 20.0 Å². The van der Waals surface area contributed by atoms with Crippen LogP contribution in [0.4, 0.5) is 0 Å². The maximum absolute atomic E-state index is 12.6. The number of aryl methyl sites for hydroxylation is 1. The van der Waals surface area contributed by atoms with E-state index in [9.17, 15) is 8.42 Å². The first-order valence-corrected chi connectivity index (χ1v) is 8.48. The topological polar surface area (TPSA) is 77.3 Å². The Morgan fingerprint density at radius 3 is 2.68 bits per heavy atom. The van der Waals surface area contributed by atoms with Crippen LogP contribution in [0.3, 0.4) is 0 Å². The molecule has 0 saturated heterocycles. The van der Waals surface area contributed by atoms with Gasteiger partial charge in [-0.05, 0) is 30.7 Å². The minimum absolute atomic E-state index is 0.210. The molecule has 0 bridgehead atoms. The molecule has 0 fully saturated rings. The molecule has 1 aromatic heterocycles. The lowest BCUT2D eigenvalue weighted by Gasteiger charge is -2.17. The summed E-state index contributed by atoms with van der Waals surface area (Å²) in [5.41, 5.74) is 0. The van der Waals surface area contributed by atoms with Crippen molar-refractivity contribution < 1.29 is 13.2 Å². The average Bonchev–Trinajstić information content (AvgIpc) is 3.12. The van der Waals surface area contributed by atoms with Crippen molar-refractivity contribution in [3.8, 4) is 5.75 Å². The maximum Gasteiger partial charge on any atom is 0.243 e. The third-order valence-electron chi connectivity index (χ3n) is 3.82. The maximum atomic E-state index is 12.6. The Morgan fingerprint density at radius 1 is 1.27 bits per heavy atom. The summed E-state index contributed by atoms with van der Waals surface area (Å²) in [7, 11) is -0.466. The van der Waals surface area contributed by atoms with E-state index in [-0.39, 0.29) is 11.4 Å². The summed E-state index contributed by atoms with van der Waals surface area (Å²) in [4.78, 5) is 0.233. The van der Waals surface area contributed by atoms with Crippen LogP contribution in [-0.2, 0) is 29.5 Å². The van der Waals surface area contributed by atoms with Gasteiger partial charge in [0.2, 0.25) is 10.0 Å². The van der Waals surface area contributed by atoms with Gasteiger partial charge in [0.05, 0.1) is 18.6 Å². The van der Waals surface area contributed by atoms with Gasteiger partial charge in [-0.3, -0.25) is 0 Å². The van der Waals surface area contributed by atoms with Crippen molar-refractivity contribution in [1.29, 1.82) is 0 Å². The van der Waals surface area contributed by atoms with Crippen LogP contribution in [0.2, 0.25) is 0 Å². The molecule has 3 rings (SSSR count). The number of benzene rings is 1. The van der Waals surface area contributed by atoms with Crippen molar-refractivity contribution in [1.82, 2.24) is 19.1 Å². The quantitative estimate of drug-likeness (QED) is 0.822. The summed E-state index contributed by atoms with van der Waals surface area (Å²) in [6.07, 6.45) is 1.94. The Hall–Kier alpha value is -1.93. The summed E-state index contributed by atoms with van der Waals surface area (Å²) < 4.78 is 33.5. The summed E-state index contributed by atoms with van der Waals surface area (Å²) in [5.74, 6) is 2.24. The predicted octanol–water partition coefficient (Wildman–Crippen LogP) is 1.05. The Balaban J connectivity index is 1.81. The Kier molecular flexibility index (Phi) is 3.88. The molecule has 0 atom stereocenters. The van der Waals surface area contributed by atoms with Crippen molar-refractivity contribution in [3.05, 3.63) is 35.9 Å². The first kappa shape index (κ1) is 15.0. The largest absolute Gasteiger partial charge is 0.497 e. The Morgan fingerprint density at radius 2 is 2.00 bits per heavy atom. The standard InChI is InChI=1S/C14H18N4O3S/c1-17(10-14-16-15-13-4-3-9-18(13)14)22(19,20)12-7-5-11(21-2)6-8-12/h5-8H,3-4,9-10H2,1-2H3. The van der Waals surface area contributed by atoms with Crippen molar-refractivity contribution in [3.63, 3.8) is 0 Å². The lowest BCUT2D eigenvalue weighted by molar-refractivity contribution is 0.414. The molecule has 118 valence electrons. The molecule has 0 amide bonds. The molecule has 8 heteroatoms. The molecule has 0 radical (unpaired) electrons. The highest BCUT2D eigenvalue weighted by Crippen LogP contribution is 2.21. The van der Waals surface area contributed by atoms with Gasteiger partial charge in [-0.15, -0.1) is 10.2 Å². The Labute approximate surface area is 129 Å². The van der Waals surface area contributed by atoms with Gasteiger partial charge < -0.3 is 9.30 Å². The van der Waals surface area contributed by atoms with E-state index in [1.54, 1.807) is 38.4 Å². The fourth-order valence-electron chi connectivity index (χ4n) is 2.54. The Bertz CT molecular complexity index is 768. The van der Waals surface area contributed by atoms with Crippen LogP contribution in [0.25, 0.3) is 0 Å². The number of hydrogen-bond donors (Lipinski definition) is 0. The van der Waals surface area contributed by atoms with Crippen molar-refractivity contribution in [2.24, 2.45) is 0 Å². The lowest BCUT2D eigenvalue weighted by Crippen LogP contribution is -2.28. The molecule has 0 saturated carbocycles. The first-order valence-electron chi connectivity index (χ1n) is 7.03. The van der Waals surface area contributed by atoms with Crippen LogP contribution in [0.15, 0.2) is 29.2 Å². The smallest absolute Gasteiger partial charge is 0.243 e. The molecule has 2 heterocycles. The van der Waals surface area contributed by atoms with E-state index in [1.165, 1.54) is 4.31 Å². The molecule has 1 aliphatic heterocycles. The van der Waals surface area contributed by atoms with E-state index in [2.05, 4.69) is 10.2 Å². The number of fused-ring (bicyclic) bond motifs is 1. The zero-order valence-corrected chi connectivity index (χ0v) is 13.4. The van der Waals surface area contributed by atoms with E-state index in [4.69, 9.17) is 4.74 Å². The number of hydrogen-bond acceptors (Lipinski definition) is 5. The average molecular weight is 322 g/mol. The van der Waals surface area contributed by atoms with Crippen molar-refractivity contribution in [2.75, 3.05) is 14.2 Å². The van der Waals surface area contributed by atoms with Gasteiger partial charge in [-0.2, -0.15) is 4.31 Å². The van der Waals surface area contributed by atoms with Gasteiger partial charge in [-0.1, -0.05) is 0 Å². The second kappa shape index (κ2) is 5.69. The van der Waals surface area contributed by atoms with Crippen LogP contribution < -0.4 is 4.74 Å². The highest BCUT2D eigenvalue weighted by atomic mass is 32.2. The highest BCUT2D eigenvalue weighted by Gasteiger charge is 2.25. The van der Waals surface area contributed by atoms with Gasteiger partial charge >= 0.3 is 0 Å². The SMILES string of the molecule is COc1ccc(S(=O)(=O)N(C)Cc2nnc3n2CCC3)cc1. The second-order valence-electron chi connectivity index (χ2n) is 5.22. The third kappa shape index (κ3) is 2.59. The number of nitrogens with zero attached hydrogens (tertiary/aromatic N) is 4. The minimum atomic E-state index is -3.56. The van der Waals surface area contributed by atoms with Crippen LogP contribution in [0, 0.1) is 0 Å². The summed E-state index contributed by atoms with van der Waals surface area (Å²) in [5, 5.41) is 8.20. The van der Waals surface area contributed by atoms with E-state index < -0.39 is 10.0 Å². The number of aromatic nitrogens is 3. The highest BCUT2D eigenvalue weighted by molar-refractivity contribution is 7.89. The zero-order valence-electron chi connectivity index (χ0n) is 12.6. The fourth-order valence-corrected chi connectivity index (χ4v) is 3.66. The molecular formula is C14H18N4O3S. The third-order valence-corrected chi connectivity index (χ3v) is 5.64. The normalized spacial score (nSPS) is 14.3. The van der Waals surface area contributed by atoms with E-state index in [0.717, 1.165) is 25.2 Å². The summed E-state index contributed by atoms with van der Waals surface area (Å²) in [6, 6.07) is 6.35. The molecular weight excluding hydrogens is 304 g/mol. The van der Waals surface area contributed by atoms with Gasteiger partial charge in [-0.25, -0.2) is 8.42 Å². The molecule has 0 unspecified atom stereocenters.